The van der Waals surface area contributed by atoms with Crippen LogP contribution in [0.25, 0.3) is 0 Å². The molecule has 5 heteroatoms. The second-order valence-corrected chi connectivity index (χ2v) is 6.16. The molecule has 3 rings (SSSR count). The van der Waals surface area contributed by atoms with Crippen LogP contribution in [0.15, 0.2) is 48.1 Å². The number of hydrogen-bond donors (Lipinski definition) is 1. The first-order valence-corrected chi connectivity index (χ1v) is 7.94. The number of nitrogens with one attached hydrogen (secondary N) is 1. The lowest BCUT2D eigenvalue weighted by atomic mass is 10.1. The minimum Gasteiger partial charge on any atom is -0.319 e. The number of carbonyl (C=O) groups is 1. The van der Waals surface area contributed by atoms with E-state index in [0.29, 0.717) is 12.2 Å². The zero-order valence-electron chi connectivity index (χ0n) is 12.5. The summed E-state index contributed by atoms with van der Waals surface area (Å²) in [7, 11) is 0. The Bertz CT molecular complexity index is 804. The zero-order valence-corrected chi connectivity index (χ0v) is 13.4. The summed E-state index contributed by atoms with van der Waals surface area (Å²) in [5.41, 5.74) is 4.16. The molecule has 2 aromatic heterocycles. The van der Waals surface area contributed by atoms with Gasteiger partial charge in [-0.25, -0.2) is 0 Å². The van der Waals surface area contributed by atoms with Gasteiger partial charge in [-0.15, -0.1) is 11.3 Å². The fourth-order valence-corrected chi connectivity index (χ4v) is 3.09. The zero-order chi connectivity index (χ0) is 15.5. The molecule has 1 amide bonds. The quantitative estimate of drug-likeness (QED) is 0.795. The monoisotopic (exact) mass is 311 g/mol. The van der Waals surface area contributed by atoms with E-state index in [1.54, 1.807) is 6.20 Å². The van der Waals surface area contributed by atoms with Crippen LogP contribution in [0.3, 0.4) is 0 Å². The van der Waals surface area contributed by atoms with Crippen LogP contribution in [-0.2, 0) is 6.54 Å². The van der Waals surface area contributed by atoms with Crippen molar-refractivity contribution in [2.45, 2.75) is 20.4 Å². The SMILES string of the molecule is Cc1ccccc1Cn1cc(NC(=O)c2sccc2C)cn1. The Morgan fingerprint density at radius 1 is 1.23 bits per heavy atom. The van der Waals surface area contributed by atoms with E-state index in [0.717, 1.165) is 10.4 Å². The van der Waals surface area contributed by atoms with Gasteiger partial charge in [0.05, 0.1) is 23.3 Å². The van der Waals surface area contributed by atoms with Crippen molar-refractivity contribution in [1.29, 1.82) is 0 Å². The molecule has 0 aliphatic carbocycles. The molecule has 0 aliphatic rings. The second kappa shape index (κ2) is 6.15. The Labute approximate surface area is 133 Å². The van der Waals surface area contributed by atoms with Gasteiger partial charge in [-0.2, -0.15) is 5.10 Å². The van der Waals surface area contributed by atoms with E-state index < -0.39 is 0 Å². The van der Waals surface area contributed by atoms with E-state index in [9.17, 15) is 4.79 Å². The van der Waals surface area contributed by atoms with Crippen molar-refractivity contribution in [3.8, 4) is 0 Å². The van der Waals surface area contributed by atoms with E-state index in [1.807, 2.05) is 41.4 Å². The Kier molecular flexibility index (Phi) is 4.06. The highest BCUT2D eigenvalue weighted by atomic mass is 32.1. The van der Waals surface area contributed by atoms with Crippen LogP contribution in [0.1, 0.15) is 26.4 Å². The number of hydrogen-bond acceptors (Lipinski definition) is 3. The van der Waals surface area contributed by atoms with Crippen LogP contribution >= 0.6 is 11.3 Å². The highest BCUT2D eigenvalue weighted by molar-refractivity contribution is 7.12. The van der Waals surface area contributed by atoms with Crippen molar-refractivity contribution in [3.05, 3.63) is 69.7 Å². The maximum atomic E-state index is 12.2. The minimum atomic E-state index is -0.0806. The first-order valence-electron chi connectivity index (χ1n) is 7.06. The molecule has 0 bridgehead atoms. The van der Waals surface area contributed by atoms with Crippen molar-refractivity contribution >= 4 is 22.9 Å². The van der Waals surface area contributed by atoms with Crippen molar-refractivity contribution in [2.24, 2.45) is 0 Å². The van der Waals surface area contributed by atoms with Gasteiger partial charge in [0.1, 0.15) is 0 Å². The summed E-state index contributed by atoms with van der Waals surface area (Å²) in [6, 6.07) is 10.2. The largest absolute Gasteiger partial charge is 0.319 e. The average molecular weight is 311 g/mol. The van der Waals surface area contributed by atoms with E-state index in [4.69, 9.17) is 0 Å². The van der Waals surface area contributed by atoms with Gasteiger partial charge in [0.15, 0.2) is 0 Å². The van der Waals surface area contributed by atoms with Crippen LogP contribution in [0.4, 0.5) is 5.69 Å². The van der Waals surface area contributed by atoms with Crippen molar-refractivity contribution in [3.63, 3.8) is 0 Å². The molecule has 112 valence electrons. The Morgan fingerprint density at radius 2 is 2.05 bits per heavy atom. The second-order valence-electron chi connectivity index (χ2n) is 5.24. The number of carbonyl (C=O) groups excluding carboxylic acids is 1. The van der Waals surface area contributed by atoms with Crippen LogP contribution in [0, 0.1) is 13.8 Å². The Hall–Kier alpha value is -2.40. The summed E-state index contributed by atoms with van der Waals surface area (Å²) in [6.45, 7) is 4.72. The highest BCUT2D eigenvalue weighted by Crippen LogP contribution is 2.18. The predicted octanol–water partition coefficient (Wildman–Crippen LogP) is 3.86. The minimum absolute atomic E-state index is 0.0806. The third kappa shape index (κ3) is 3.09. The van der Waals surface area contributed by atoms with Crippen LogP contribution in [0.5, 0.6) is 0 Å². The number of amides is 1. The molecule has 4 nitrogen and oxygen atoms in total. The van der Waals surface area contributed by atoms with Gasteiger partial charge in [0, 0.05) is 6.20 Å². The molecule has 1 N–H and O–H groups in total. The number of nitrogens with zero attached hydrogens (tertiary/aromatic N) is 2. The lowest BCUT2D eigenvalue weighted by molar-refractivity contribution is 0.103. The smallest absolute Gasteiger partial charge is 0.266 e. The third-order valence-electron chi connectivity index (χ3n) is 3.55. The molecule has 1 aromatic carbocycles. The van der Waals surface area contributed by atoms with Crippen LogP contribution < -0.4 is 5.32 Å². The lowest BCUT2D eigenvalue weighted by Gasteiger charge is -2.05. The van der Waals surface area contributed by atoms with Gasteiger partial charge >= 0.3 is 0 Å². The molecule has 0 spiro atoms. The molecular formula is C17H17N3OS. The van der Waals surface area contributed by atoms with Crippen molar-refractivity contribution in [1.82, 2.24) is 9.78 Å². The average Bonchev–Trinajstić information content (AvgIpc) is 3.10. The maximum absolute atomic E-state index is 12.2. The first kappa shape index (κ1) is 14.5. The third-order valence-corrected chi connectivity index (χ3v) is 4.57. The molecular weight excluding hydrogens is 294 g/mol. The summed E-state index contributed by atoms with van der Waals surface area (Å²) >= 11 is 1.45. The number of anilines is 1. The lowest BCUT2D eigenvalue weighted by Crippen LogP contribution is -2.10. The molecule has 0 atom stereocenters. The van der Waals surface area contributed by atoms with Crippen molar-refractivity contribution < 1.29 is 4.79 Å². The summed E-state index contributed by atoms with van der Waals surface area (Å²) in [5.74, 6) is -0.0806. The van der Waals surface area contributed by atoms with E-state index >= 15 is 0 Å². The highest BCUT2D eigenvalue weighted by Gasteiger charge is 2.11. The van der Waals surface area contributed by atoms with Crippen LogP contribution in [0.2, 0.25) is 0 Å². The van der Waals surface area contributed by atoms with E-state index in [1.165, 1.54) is 22.5 Å². The fraction of sp³-hybridized carbons (Fsp3) is 0.176. The van der Waals surface area contributed by atoms with Crippen LogP contribution in [-0.4, -0.2) is 15.7 Å². The van der Waals surface area contributed by atoms with E-state index in [-0.39, 0.29) is 5.91 Å². The fourth-order valence-electron chi connectivity index (χ4n) is 2.27. The van der Waals surface area contributed by atoms with Gasteiger partial charge in [0.25, 0.3) is 5.91 Å². The normalized spacial score (nSPS) is 10.6. The van der Waals surface area contributed by atoms with Gasteiger partial charge in [-0.3, -0.25) is 9.48 Å². The summed E-state index contributed by atoms with van der Waals surface area (Å²) in [4.78, 5) is 12.9. The Balaban J connectivity index is 1.70. The number of aryl methyl sites for hydroxylation is 2. The molecule has 0 saturated heterocycles. The van der Waals surface area contributed by atoms with Gasteiger partial charge < -0.3 is 5.32 Å². The number of rotatable bonds is 4. The topological polar surface area (TPSA) is 46.9 Å². The Morgan fingerprint density at radius 3 is 2.77 bits per heavy atom. The molecule has 0 unspecified atom stereocenters. The maximum Gasteiger partial charge on any atom is 0.266 e. The van der Waals surface area contributed by atoms with Gasteiger partial charge in [0.2, 0.25) is 0 Å². The predicted molar refractivity (Wildman–Crippen MR) is 89.5 cm³/mol. The molecule has 0 saturated carbocycles. The standard InChI is InChI=1S/C17H17N3OS/c1-12-5-3-4-6-14(12)10-20-11-15(9-18-20)19-17(21)16-13(2)7-8-22-16/h3-9,11H,10H2,1-2H3,(H,19,21). The summed E-state index contributed by atoms with van der Waals surface area (Å²) in [6.07, 6.45) is 3.53. The molecule has 3 aromatic rings. The summed E-state index contributed by atoms with van der Waals surface area (Å²) in [5, 5.41) is 9.13. The number of thiophene rings is 1. The van der Waals surface area contributed by atoms with Gasteiger partial charge in [-0.1, -0.05) is 24.3 Å². The molecule has 0 fully saturated rings. The molecule has 2 heterocycles. The number of benzene rings is 1. The van der Waals surface area contributed by atoms with Crippen molar-refractivity contribution in [2.75, 3.05) is 5.32 Å². The first-order chi connectivity index (χ1) is 10.6. The molecule has 0 aliphatic heterocycles. The number of aromatic nitrogens is 2. The van der Waals surface area contributed by atoms with Gasteiger partial charge in [-0.05, 0) is 42.0 Å². The van der Waals surface area contributed by atoms with E-state index in [2.05, 4.69) is 29.5 Å². The molecule has 22 heavy (non-hydrogen) atoms. The summed E-state index contributed by atoms with van der Waals surface area (Å²) < 4.78 is 1.83. The molecule has 0 radical (unpaired) electrons.